The number of amides is 1. The first kappa shape index (κ1) is 21.1. The molecule has 4 rings (SSSR count). The van der Waals surface area contributed by atoms with Crippen LogP contribution in [0.25, 0.3) is 11.5 Å². The Morgan fingerprint density at radius 1 is 1.26 bits per heavy atom. The topological polar surface area (TPSA) is 124 Å². The number of hydrogen-bond donors (Lipinski definition) is 2. The number of aliphatic carboxylic acids is 1. The van der Waals surface area contributed by atoms with Crippen molar-refractivity contribution in [2.24, 2.45) is 11.8 Å². The molecule has 31 heavy (non-hydrogen) atoms. The van der Waals surface area contributed by atoms with E-state index >= 15 is 0 Å². The molecule has 9 nitrogen and oxygen atoms in total. The molecule has 0 saturated heterocycles. The van der Waals surface area contributed by atoms with Crippen LogP contribution in [0.3, 0.4) is 0 Å². The lowest BCUT2D eigenvalue weighted by Gasteiger charge is -2.27. The Kier molecular flexibility index (Phi) is 6.11. The molecule has 3 atom stereocenters. The van der Waals surface area contributed by atoms with E-state index in [0.29, 0.717) is 47.3 Å². The molecular weight excluding hydrogens is 402 g/mol. The number of hydrogen-bond acceptors (Lipinski definition) is 7. The fraction of sp³-hybridized carbons (Fsp3) is 0.545. The number of carboxylic acids is 1. The SMILES string of the molecule is Cc1noc(-c2ccc(O[C@H]3CCC[C@H](C(=O)O)C3)cn2)c1NC(=O)O[C@H](C)C1CC1. The quantitative estimate of drug-likeness (QED) is 0.663. The van der Waals surface area contributed by atoms with E-state index in [0.717, 1.165) is 25.7 Å². The van der Waals surface area contributed by atoms with Gasteiger partial charge in [-0.25, -0.2) is 9.78 Å². The lowest BCUT2D eigenvalue weighted by molar-refractivity contribution is -0.143. The monoisotopic (exact) mass is 429 g/mol. The number of carbonyl (C=O) groups excluding carboxylic acids is 1. The number of pyridine rings is 1. The number of ether oxygens (including phenoxy) is 2. The summed E-state index contributed by atoms with van der Waals surface area (Å²) in [5, 5.41) is 15.9. The number of carbonyl (C=O) groups is 2. The van der Waals surface area contributed by atoms with Crippen molar-refractivity contribution in [1.29, 1.82) is 0 Å². The van der Waals surface area contributed by atoms with Crippen molar-refractivity contribution in [3.63, 3.8) is 0 Å². The Morgan fingerprint density at radius 3 is 2.74 bits per heavy atom. The van der Waals surface area contributed by atoms with E-state index in [2.05, 4.69) is 15.5 Å². The van der Waals surface area contributed by atoms with Crippen LogP contribution in [0.2, 0.25) is 0 Å². The van der Waals surface area contributed by atoms with Crippen LogP contribution in [-0.2, 0) is 9.53 Å². The zero-order chi connectivity index (χ0) is 22.0. The minimum absolute atomic E-state index is 0.126. The summed E-state index contributed by atoms with van der Waals surface area (Å²) < 4.78 is 16.7. The lowest BCUT2D eigenvalue weighted by Crippen LogP contribution is -2.29. The fourth-order valence-corrected chi connectivity index (χ4v) is 3.91. The number of nitrogens with one attached hydrogen (secondary N) is 1. The fourth-order valence-electron chi connectivity index (χ4n) is 3.91. The molecule has 0 aromatic carbocycles. The first-order valence-electron chi connectivity index (χ1n) is 10.7. The summed E-state index contributed by atoms with van der Waals surface area (Å²) in [6.07, 6.45) is 5.76. The summed E-state index contributed by atoms with van der Waals surface area (Å²) >= 11 is 0. The number of carboxylic acid groups (broad SMARTS) is 1. The molecule has 9 heteroatoms. The minimum atomic E-state index is -0.771. The van der Waals surface area contributed by atoms with Crippen LogP contribution < -0.4 is 10.1 Å². The molecule has 0 bridgehead atoms. The van der Waals surface area contributed by atoms with Gasteiger partial charge in [0.25, 0.3) is 0 Å². The maximum Gasteiger partial charge on any atom is 0.412 e. The van der Waals surface area contributed by atoms with Crippen molar-refractivity contribution in [1.82, 2.24) is 10.1 Å². The third-order valence-corrected chi connectivity index (χ3v) is 5.92. The van der Waals surface area contributed by atoms with Gasteiger partial charge in [0.2, 0.25) is 5.76 Å². The van der Waals surface area contributed by atoms with Crippen LogP contribution in [0.1, 0.15) is 51.1 Å². The maximum atomic E-state index is 12.3. The molecule has 0 radical (unpaired) electrons. The van der Waals surface area contributed by atoms with Gasteiger partial charge in [0, 0.05) is 0 Å². The zero-order valence-electron chi connectivity index (χ0n) is 17.7. The van der Waals surface area contributed by atoms with E-state index in [1.807, 2.05) is 6.92 Å². The van der Waals surface area contributed by atoms with Crippen molar-refractivity contribution in [2.75, 3.05) is 5.32 Å². The van der Waals surface area contributed by atoms with Crippen molar-refractivity contribution in [3.05, 3.63) is 24.0 Å². The largest absolute Gasteiger partial charge is 0.489 e. The van der Waals surface area contributed by atoms with Gasteiger partial charge in [-0.15, -0.1) is 0 Å². The van der Waals surface area contributed by atoms with Crippen LogP contribution in [0.4, 0.5) is 10.5 Å². The first-order valence-corrected chi connectivity index (χ1v) is 10.7. The van der Waals surface area contributed by atoms with E-state index in [9.17, 15) is 14.7 Å². The summed E-state index contributed by atoms with van der Waals surface area (Å²) in [6.45, 7) is 3.62. The second-order valence-corrected chi connectivity index (χ2v) is 8.37. The lowest BCUT2D eigenvalue weighted by atomic mass is 9.87. The Balaban J connectivity index is 1.41. The number of aryl methyl sites for hydroxylation is 1. The molecule has 0 spiro atoms. The van der Waals surface area contributed by atoms with Crippen LogP contribution in [0, 0.1) is 18.8 Å². The molecule has 2 aromatic rings. The number of nitrogens with zero attached hydrogens (tertiary/aromatic N) is 2. The maximum absolute atomic E-state index is 12.3. The highest BCUT2D eigenvalue weighted by atomic mass is 16.6. The van der Waals surface area contributed by atoms with E-state index in [4.69, 9.17) is 14.0 Å². The zero-order valence-corrected chi connectivity index (χ0v) is 17.7. The van der Waals surface area contributed by atoms with Gasteiger partial charge in [-0.1, -0.05) is 5.16 Å². The average Bonchev–Trinajstić information content (AvgIpc) is 3.54. The van der Waals surface area contributed by atoms with Crippen LogP contribution in [0.15, 0.2) is 22.9 Å². The average molecular weight is 429 g/mol. The summed E-state index contributed by atoms with van der Waals surface area (Å²) in [4.78, 5) is 27.9. The number of aromatic nitrogens is 2. The van der Waals surface area contributed by atoms with Gasteiger partial charge >= 0.3 is 12.1 Å². The highest BCUT2D eigenvalue weighted by molar-refractivity contribution is 5.90. The first-order chi connectivity index (χ1) is 14.9. The highest BCUT2D eigenvalue weighted by Crippen LogP contribution is 2.35. The summed E-state index contributed by atoms with van der Waals surface area (Å²) in [7, 11) is 0. The van der Waals surface area contributed by atoms with Crippen LogP contribution in [0.5, 0.6) is 5.75 Å². The van der Waals surface area contributed by atoms with E-state index < -0.39 is 12.1 Å². The van der Waals surface area contributed by atoms with Crippen LogP contribution in [-0.4, -0.2) is 39.5 Å². The molecule has 2 N–H and O–H groups in total. The molecule has 1 amide bonds. The third kappa shape index (κ3) is 5.15. The normalized spacial score (nSPS) is 21.9. The van der Waals surface area contributed by atoms with Gasteiger partial charge < -0.3 is 19.1 Å². The van der Waals surface area contributed by atoms with E-state index in [-0.39, 0.29) is 18.1 Å². The Hall–Kier alpha value is -3.10. The molecule has 0 unspecified atom stereocenters. The summed E-state index contributed by atoms with van der Waals surface area (Å²) in [5.74, 6) is 0.205. The highest BCUT2D eigenvalue weighted by Gasteiger charge is 2.31. The molecule has 0 aliphatic heterocycles. The van der Waals surface area contributed by atoms with Gasteiger partial charge in [0.05, 0.1) is 18.2 Å². The second kappa shape index (κ2) is 8.95. The van der Waals surface area contributed by atoms with Crippen molar-refractivity contribution >= 4 is 17.7 Å². The Morgan fingerprint density at radius 2 is 2.06 bits per heavy atom. The minimum Gasteiger partial charge on any atom is -0.489 e. The summed E-state index contributed by atoms with van der Waals surface area (Å²) in [5.41, 5.74) is 1.44. The van der Waals surface area contributed by atoms with Gasteiger partial charge in [0.1, 0.15) is 28.9 Å². The smallest absolute Gasteiger partial charge is 0.412 e. The Labute approximate surface area is 180 Å². The van der Waals surface area contributed by atoms with Gasteiger partial charge in [0.15, 0.2) is 0 Å². The van der Waals surface area contributed by atoms with E-state index in [1.165, 1.54) is 0 Å². The van der Waals surface area contributed by atoms with Gasteiger partial charge in [-0.2, -0.15) is 0 Å². The van der Waals surface area contributed by atoms with Crippen molar-refractivity contribution in [2.45, 2.75) is 64.6 Å². The van der Waals surface area contributed by atoms with Gasteiger partial charge in [-0.3, -0.25) is 10.1 Å². The van der Waals surface area contributed by atoms with Gasteiger partial charge in [-0.05, 0) is 70.4 Å². The van der Waals surface area contributed by atoms with Crippen molar-refractivity contribution < 1.29 is 28.7 Å². The predicted molar refractivity (Wildman–Crippen MR) is 111 cm³/mol. The second-order valence-electron chi connectivity index (χ2n) is 8.37. The third-order valence-electron chi connectivity index (χ3n) is 5.92. The molecule has 2 heterocycles. The molecular formula is C22H27N3O6. The predicted octanol–water partition coefficient (Wildman–Crippen LogP) is 4.41. The molecule has 2 aromatic heterocycles. The molecule has 2 saturated carbocycles. The Bertz CT molecular complexity index is 937. The summed E-state index contributed by atoms with van der Waals surface area (Å²) in [6, 6.07) is 3.47. The number of anilines is 1. The molecule has 2 aliphatic carbocycles. The number of rotatable bonds is 7. The standard InChI is InChI=1S/C22H27N3O6/c1-12-19(24-22(28)29-13(2)14-6-7-14)20(31-25-12)18-9-8-17(11-23-18)30-16-5-3-4-15(10-16)21(26)27/h8-9,11,13-16H,3-7,10H2,1-2H3,(H,24,28)(H,26,27)/t13-,15+,16+/m1/s1. The van der Waals surface area contributed by atoms with Crippen LogP contribution >= 0.6 is 0 Å². The van der Waals surface area contributed by atoms with E-state index in [1.54, 1.807) is 25.3 Å². The van der Waals surface area contributed by atoms with Crippen molar-refractivity contribution in [3.8, 4) is 17.2 Å². The molecule has 2 fully saturated rings. The molecule has 166 valence electrons. The molecule has 2 aliphatic rings.